The van der Waals surface area contributed by atoms with Gasteiger partial charge in [0.2, 0.25) is 5.91 Å². The molecule has 0 spiro atoms. The maximum Gasteiger partial charge on any atom is 0.240 e. The zero-order chi connectivity index (χ0) is 10.8. The Hall–Kier alpha value is -0.420. The average molecular weight is 230 g/mol. The third kappa shape index (κ3) is 2.23. The Kier molecular flexibility index (Phi) is 3.41. The molecule has 1 amide bonds. The first-order chi connectivity index (χ1) is 7.22. The van der Waals surface area contributed by atoms with Crippen molar-refractivity contribution in [2.24, 2.45) is 0 Å². The Labute approximate surface area is 92.9 Å². The summed E-state index contributed by atoms with van der Waals surface area (Å²) in [7, 11) is 1.20. The molecule has 2 rings (SSSR count). The van der Waals surface area contributed by atoms with Gasteiger partial charge in [-0.3, -0.25) is 9.00 Å². The molecule has 1 unspecified atom stereocenters. The van der Waals surface area contributed by atoms with Crippen LogP contribution in [0.25, 0.3) is 0 Å². The first-order valence-electron chi connectivity index (χ1n) is 5.55. The number of likely N-dealkylation sites (tertiary alicyclic amines) is 1. The number of likely N-dealkylation sites (N-methyl/N-ethyl adjacent to an activating group) is 1. The quantitative estimate of drug-likeness (QED) is 0.710. The molecule has 86 valence electrons. The molecule has 15 heavy (non-hydrogen) atoms. The monoisotopic (exact) mass is 230 g/mol. The van der Waals surface area contributed by atoms with E-state index in [2.05, 4.69) is 5.32 Å². The summed E-state index contributed by atoms with van der Waals surface area (Å²) in [4.78, 5) is 13.9. The van der Waals surface area contributed by atoms with E-state index in [1.54, 1.807) is 0 Å². The highest BCUT2D eigenvalue weighted by molar-refractivity contribution is 7.85. The molecule has 5 heteroatoms. The lowest BCUT2D eigenvalue weighted by atomic mass is 10.1. The van der Waals surface area contributed by atoms with E-state index in [9.17, 15) is 9.00 Å². The molecular weight excluding hydrogens is 212 g/mol. The first-order valence-corrected chi connectivity index (χ1v) is 7.04. The Morgan fingerprint density at radius 2 is 2.00 bits per heavy atom. The van der Waals surface area contributed by atoms with Gasteiger partial charge in [-0.15, -0.1) is 0 Å². The summed E-state index contributed by atoms with van der Waals surface area (Å²) >= 11 is 0. The minimum Gasteiger partial charge on any atom is -0.338 e. The Morgan fingerprint density at radius 1 is 1.33 bits per heavy atom. The van der Waals surface area contributed by atoms with Crippen molar-refractivity contribution in [3.63, 3.8) is 0 Å². The molecule has 0 aromatic heterocycles. The number of hydrogen-bond acceptors (Lipinski definition) is 3. The minimum absolute atomic E-state index is 0.0115. The molecule has 0 bridgehead atoms. The second-order valence-electron chi connectivity index (χ2n) is 4.24. The molecule has 2 fully saturated rings. The summed E-state index contributed by atoms with van der Waals surface area (Å²) < 4.78 is 11.2. The zero-order valence-corrected chi connectivity index (χ0v) is 9.89. The van der Waals surface area contributed by atoms with Crippen molar-refractivity contribution in [2.45, 2.75) is 31.3 Å². The predicted molar refractivity (Wildman–Crippen MR) is 60.1 cm³/mol. The van der Waals surface area contributed by atoms with Crippen molar-refractivity contribution in [1.82, 2.24) is 10.2 Å². The zero-order valence-electron chi connectivity index (χ0n) is 9.07. The second kappa shape index (κ2) is 4.61. The largest absolute Gasteiger partial charge is 0.338 e. The summed E-state index contributed by atoms with van der Waals surface area (Å²) in [5, 5.41) is 3.04. The average Bonchev–Trinajstić information content (AvgIpc) is 2.61. The van der Waals surface area contributed by atoms with Crippen molar-refractivity contribution in [3.05, 3.63) is 0 Å². The molecule has 0 radical (unpaired) electrons. The first kappa shape index (κ1) is 11.1. The van der Waals surface area contributed by atoms with Gasteiger partial charge < -0.3 is 10.2 Å². The van der Waals surface area contributed by atoms with Crippen LogP contribution < -0.4 is 5.32 Å². The van der Waals surface area contributed by atoms with Gasteiger partial charge in [-0.05, 0) is 26.3 Å². The lowest BCUT2D eigenvalue weighted by molar-refractivity contribution is -0.131. The van der Waals surface area contributed by atoms with Crippen molar-refractivity contribution in [1.29, 1.82) is 0 Å². The van der Waals surface area contributed by atoms with Gasteiger partial charge in [-0.2, -0.15) is 0 Å². The second-order valence-corrected chi connectivity index (χ2v) is 5.94. The van der Waals surface area contributed by atoms with E-state index in [4.69, 9.17) is 0 Å². The van der Waals surface area contributed by atoms with E-state index in [1.165, 1.54) is 0 Å². The van der Waals surface area contributed by atoms with Crippen molar-refractivity contribution < 1.29 is 9.00 Å². The standard InChI is InChI=1S/C10H18N2O2S/c1-11-9-2-5-12(10(9)13)8-3-6-15(14)7-4-8/h8-9,11H,2-7H2,1H3. The predicted octanol–water partition coefficient (Wildman–Crippen LogP) is -0.282. The maximum absolute atomic E-state index is 11.9. The van der Waals surface area contributed by atoms with Crippen LogP contribution in [0.1, 0.15) is 19.3 Å². The van der Waals surface area contributed by atoms with Gasteiger partial charge in [0.1, 0.15) is 0 Å². The van der Waals surface area contributed by atoms with Crippen LogP contribution in [-0.4, -0.2) is 52.2 Å². The van der Waals surface area contributed by atoms with Gasteiger partial charge in [-0.25, -0.2) is 0 Å². The highest BCUT2D eigenvalue weighted by Gasteiger charge is 2.35. The Balaban J connectivity index is 1.94. The third-order valence-corrected chi connectivity index (χ3v) is 4.77. The highest BCUT2D eigenvalue weighted by atomic mass is 32.2. The normalized spacial score (nSPS) is 37.3. The molecule has 2 aliphatic heterocycles. The Morgan fingerprint density at radius 3 is 2.53 bits per heavy atom. The van der Waals surface area contributed by atoms with Gasteiger partial charge in [0.25, 0.3) is 0 Å². The van der Waals surface area contributed by atoms with E-state index in [0.29, 0.717) is 6.04 Å². The highest BCUT2D eigenvalue weighted by Crippen LogP contribution is 2.22. The number of amides is 1. The smallest absolute Gasteiger partial charge is 0.240 e. The molecule has 2 aliphatic rings. The van der Waals surface area contributed by atoms with E-state index in [1.807, 2.05) is 11.9 Å². The van der Waals surface area contributed by atoms with Crippen LogP contribution in [0.4, 0.5) is 0 Å². The van der Waals surface area contributed by atoms with Gasteiger partial charge in [-0.1, -0.05) is 0 Å². The molecule has 1 N–H and O–H groups in total. The third-order valence-electron chi connectivity index (χ3n) is 3.39. The van der Waals surface area contributed by atoms with Gasteiger partial charge >= 0.3 is 0 Å². The summed E-state index contributed by atoms with van der Waals surface area (Å²) in [6.45, 7) is 0.863. The summed E-state index contributed by atoms with van der Waals surface area (Å²) in [6.07, 6.45) is 2.73. The van der Waals surface area contributed by atoms with Crippen LogP contribution in [0.3, 0.4) is 0 Å². The molecule has 0 saturated carbocycles. The van der Waals surface area contributed by atoms with Gasteiger partial charge in [0, 0.05) is 34.9 Å². The fraction of sp³-hybridized carbons (Fsp3) is 0.900. The minimum atomic E-state index is -0.636. The number of rotatable bonds is 2. The van der Waals surface area contributed by atoms with Gasteiger partial charge in [0.05, 0.1) is 6.04 Å². The number of carbonyl (C=O) groups is 1. The molecule has 1 atom stereocenters. The summed E-state index contributed by atoms with van der Waals surface area (Å²) in [5.74, 6) is 1.76. The van der Waals surface area contributed by atoms with Crippen LogP contribution in [0.2, 0.25) is 0 Å². The topological polar surface area (TPSA) is 49.4 Å². The fourth-order valence-electron chi connectivity index (χ4n) is 2.43. The maximum atomic E-state index is 11.9. The van der Waals surface area contributed by atoms with E-state index in [-0.39, 0.29) is 11.9 Å². The van der Waals surface area contributed by atoms with Crippen LogP contribution in [0.15, 0.2) is 0 Å². The van der Waals surface area contributed by atoms with E-state index in [0.717, 1.165) is 37.3 Å². The number of nitrogens with one attached hydrogen (secondary N) is 1. The summed E-state index contributed by atoms with van der Waals surface area (Å²) in [6, 6.07) is 0.353. The number of hydrogen-bond donors (Lipinski definition) is 1. The lowest BCUT2D eigenvalue weighted by Crippen LogP contribution is -2.44. The lowest BCUT2D eigenvalue weighted by Gasteiger charge is -2.30. The van der Waals surface area contributed by atoms with E-state index < -0.39 is 10.8 Å². The molecule has 0 aromatic carbocycles. The molecule has 2 heterocycles. The van der Waals surface area contributed by atoms with Crippen LogP contribution in [-0.2, 0) is 15.6 Å². The molecular formula is C10H18N2O2S. The molecule has 2 saturated heterocycles. The van der Waals surface area contributed by atoms with Crippen molar-refractivity contribution in [2.75, 3.05) is 25.1 Å². The van der Waals surface area contributed by atoms with Crippen molar-refractivity contribution in [3.8, 4) is 0 Å². The van der Waals surface area contributed by atoms with E-state index >= 15 is 0 Å². The number of carbonyl (C=O) groups excluding carboxylic acids is 1. The van der Waals surface area contributed by atoms with Crippen LogP contribution in [0, 0.1) is 0 Å². The molecule has 4 nitrogen and oxygen atoms in total. The van der Waals surface area contributed by atoms with Crippen LogP contribution >= 0.6 is 0 Å². The summed E-state index contributed by atoms with van der Waals surface area (Å²) in [5.41, 5.74) is 0. The van der Waals surface area contributed by atoms with Gasteiger partial charge in [0.15, 0.2) is 0 Å². The number of nitrogens with zero attached hydrogens (tertiary/aromatic N) is 1. The molecule has 0 aliphatic carbocycles. The Bertz CT molecular complexity index is 273. The molecule has 0 aromatic rings. The van der Waals surface area contributed by atoms with Crippen LogP contribution in [0.5, 0.6) is 0 Å². The SMILES string of the molecule is CNC1CCN(C2CCS(=O)CC2)C1=O. The van der Waals surface area contributed by atoms with Crippen molar-refractivity contribution >= 4 is 16.7 Å². The fourth-order valence-corrected chi connectivity index (χ4v) is 3.70.